The van der Waals surface area contributed by atoms with Crippen LogP contribution in [-0.4, -0.2) is 59.0 Å². The molecule has 3 aliphatic rings. The summed E-state index contributed by atoms with van der Waals surface area (Å²) in [6.45, 7) is 6.50. The van der Waals surface area contributed by atoms with E-state index in [1.54, 1.807) is 0 Å². The number of aliphatic hydroxyl groups excluding tert-OH is 1. The predicted molar refractivity (Wildman–Crippen MR) is 77.0 cm³/mol. The van der Waals surface area contributed by atoms with E-state index in [-0.39, 0.29) is 6.10 Å². The van der Waals surface area contributed by atoms with Gasteiger partial charge in [0.15, 0.2) is 5.60 Å². The molecule has 3 rings (SSSR count). The topological polar surface area (TPSA) is 74.8 Å². The Morgan fingerprint density at radius 2 is 2.10 bits per heavy atom. The fourth-order valence-corrected chi connectivity index (χ4v) is 3.99. The van der Waals surface area contributed by atoms with E-state index < -0.39 is 29.0 Å². The van der Waals surface area contributed by atoms with E-state index >= 15 is 0 Å². The zero-order valence-corrected chi connectivity index (χ0v) is 13.3. The van der Waals surface area contributed by atoms with Crippen molar-refractivity contribution in [3.05, 3.63) is 11.6 Å². The number of hydrogen-bond acceptors (Lipinski definition) is 5. The first-order chi connectivity index (χ1) is 9.81. The lowest BCUT2D eigenvalue weighted by Gasteiger charge is -2.48. The number of aliphatic hydroxyl groups is 2. The molecule has 21 heavy (non-hydrogen) atoms. The van der Waals surface area contributed by atoms with Crippen LogP contribution >= 0.6 is 0 Å². The Balaban J connectivity index is 1.88. The van der Waals surface area contributed by atoms with Crippen LogP contribution in [0.15, 0.2) is 11.6 Å². The van der Waals surface area contributed by atoms with Crippen molar-refractivity contribution >= 4 is 0 Å². The van der Waals surface area contributed by atoms with E-state index in [0.29, 0.717) is 19.4 Å². The van der Waals surface area contributed by atoms with Gasteiger partial charge in [-0.1, -0.05) is 11.6 Å². The van der Waals surface area contributed by atoms with Crippen LogP contribution in [-0.2, 0) is 14.2 Å². The average Bonchev–Trinajstić information content (AvgIpc) is 3.31. The van der Waals surface area contributed by atoms with E-state index in [9.17, 15) is 10.2 Å². The molecule has 120 valence electrons. The number of epoxide rings is 2. The van der Waals surface area contributed by atoms with E-state index in [4.69, 9.17) is 14.2 Å². The summed E-state index contributed by atoms with van der Waals surface area (Å²) in [7, 11) is 1.52. The fourth-order valence-electron chi connectivity index (χ4n) is 3.99. The molecule has 0 aromatic heterocycles. The molecule has 6 atom stereocenters. The van der Waals surface area contributed by atoms with Crippen molar-refractivity contribution in [2.24, 2.45) is 0 Å². The number of rotatable bonds is 4. The highest BCUT2D eigenvalue weighted by Gasteiger charge is 2.81. The summed E-state index contributed by atoms with van der Waals surface area (Å²) in [5.41, 5.74) is -1.45. The van der Waals surface area contributed by atoms with Crippen LogP contribution in [0.2, 0.25) is 0 Å². The first kappa shape index (κ1) is 15.4. The Morgan fingerprint density at radius 3 is 2.62 bits per heavy atom. The quantitative estimate of drug-likeness (QED) is 0.602. The summed E-state index contributed by atoms with van der Waals surface area (Å²) in [6, 6.07) is 0. The molecule has 0 aromatic carbocycles. The van der Waals surface area contributed by atoms with Crippen LogP contribution in [0.5, 0.6) is 0 Å². The van der Waals surface area contributed by atoms with Gasteiger partial charge in [-0.2, -0.15) is 0 Å². The third kappa shape index (κ3) is 2.02. The van der Waals surface area contributed by atoms with E-state index in [1.165, 1.54) is 12.7 Å². The van der Waals surface area contributed by atoms with Crippen LogP contribution in [0.1, 0.15) is 40.0 Å². The summed E-state index contributed by atoms with van der Waals surface area (Å²) in [5.74, 6) is 0. The molecular weight excluding hydrogens is 272 g/mol. The van der Waals surface area contributed by atoms with Gasteiger partial charge in [-0.05, 0) is 40.0 Å². The largest absolute Gasteiger partial charge is 0.390 e. The number of hydrogen-bond donors (Lipinski definition) is 2. The predicted octanol–water partition coefficient (Wildman–Crippen LogP) is 1.17. The van der Waals surface area contributed by atoms with Gasteiger partial charge in [0.05, 0.1) is 18.8 Å². The molecule has 2 N–H and O–H groups in total. The molecule has 5 nitrogen and oxygen atoms in total. The summed E-state index contributed by atoms with van der Waals surface area (Å²) in [4.78, 5) is 0. The number of allylic oxidation sites excluding steroid dienone is 1. The van der Waals surface area contributed by atoms with Crippen molar-refractivity contribution in [1.82, 2.24) is 0 Å². The highest BCUT2D eigenvalue weighted by molar-refractivity contribution is 5.30. The van der Waals surface area contributed by atoms with Gasteiger partial charge in [-0.25, -0.2) is 0 Å². The fraction of sp³-hybridized carbons (Fsp3) is 0.875. The van der Waals surface area contributed by atoms with Crippen LogP contribution in [0.3, 0.4) is 0 Å². The summed E-state index contributed by atoms with van der Waals surface area (Å²) in [5, 5.41) is 21.7. The number of methoxy groups -OCH3 is 1. The SMILES string of the molecule is CO[C@@H]1[C@H](O)CC[C@]2(CO2)[C@@]1(O)[C@@]1(C)O[C@@H]1CC=C(C)C. The van der Waals surface area contributed by atoms with Gasteiger partial charge >= 0.3 is 0 Å². The molecule has 0 unspecified atom stereocenters. The normalized spacial score (nSPS) is 51.8. The molecule has 1 spiro atoms. The van der Waals surface area contributed by atoms with Crippen molar-refractivity contribution in [3.63, 3.8) is 0 Å². The van der Waals surface area contributed by atoms with Crippen molar-refractivity contribution < 1.29 is 24.4 Å². The summed E-state index contributed by atoms with van der Waals surface area (Å²) in [6.07, 6.45) is 2.63. The Morgan fingerprint density at radius 1 is 1.43 bits per heavy atom. The minimum Gasteiger partial charge on any atom is -0.390 e. The van der Waals surface area contributed by atoms with Gasteiger partial charge < -0.3 is 24.4 Å². The zero-order chi connectivity index (χ0) is 15.5. The number of ether oxygens (including phenoxy) is 3. The van der Waals surface area contributed by atoms with Gasteiger partial charge in [0, 0.05) is 7.11 Å². The molecule has 2 aliphatic heterocycles. The molecule has 0 aromatic rings. The van der Waals surface area contributed by atoms with Gasteiger partial charge in [-0.3, -0.25) is 0 Å². The summed E-state index contributed by atoms with van der Waals surface area (Å²) >= 11 is 0. The Labute approximate surface area is 125 Å². The second-order valence-electron chi connectivity index (χ2n) is 7.04. The molecular formula is C16H26O5. The molecule has 2 heterocycles. The maximum Gasteiger partial charge on any atom is 0.155 e. The van der Waals surface area contributed by atoms with Crippen LogP contribution < -0.4 is 0 Å². The van der Waals surface area contributed by atoms with E-state index in [0.717, 1.165) is 6.42 Å². The van der Waals surface area contributed by atoms with Gasteiger partial charge in [0.2, 0.25) is 0 Å². The van der Waals surface area contributed by atoms with Gasteiger partial charge in [0.1, 0.15) is 17.3 Å². The van der Waals surface area contributed by atoms with Crippen molar-refractivity contribution in [1.29, 1.82) is 0 Å². The maximum absolute atomic E-state index is 11.5. The second kappa shape index (κ2) is 4.77. The third-order valence-electron chi connectivity index (χ3n) is 5.49. The van der Waals surface area contributed by atoms with Crippen molar-refractivity contribution in [2.75, 3.05) is 13.7 Å². The smallest absolute Gasteiger partial charge is 0.155 e. The molecule has 5 heteroatoms. The van der Waals surface area contributed by atoms with Gasteiger partial charge in [-0.15, -0.1) is 0 Å². The standard InChI is InChI=1S/C16H26O5/c1-10(2)5-6-12-14(3,21-12)16(18)13(19-4)11(17)7-8-15(16)9-20-15/h5,11-13,17-18H,6-9H2,1-4H3/t11-,12-,13-,14+,15+,16+/m1/s1. The highest BCUT2D eigenvalue weighted by Crippen LogP contribution is 2.61. The first-order valence-electron chi connectivity index (χ1n) is 7.69. The lowest BCUT2D eigenvalue weighted by molar-refractivity contribution is -0.224. The Hall–Kier alpha value is -0.460. The summed E-state index contributed by atoms with van der Waals surface area (Å²) < 4.78 is 17.0. The maximum atomic E-state index is 11.5. The van der Waals surface area contributed by atoms with Crippen LogP contribution in [0.4, 0.5) is 0 Å². The van der Waals surface area contributed by atoms with Crippen molar-refractivity contribution in [3.8, 4) is 0 Å². The van der Waals surface area contributed by atoms with Crippen LogP contribution in [0.25, 0.3) is 0 Å². The Bertz CT molecular complexity index is 454. The highest BCUT2D eigenvalue weighted by atomic mass is 16.7. The minimum atomic E-state index is -1.31. The molecule has 2 saturated heterocycles. The Kier molecular flexibility index (Phi) is 3.50. The van der Waals surface area contributed by atoms with Crippen molar-refractivity contribution in [2.45, 2.75) is 75.1 Å². The second-order valence-corrected chi connectivity index (χ2v) is 7.04. The lowest BCUT2D eigenvalue weighted by atomic mass is 9.64. The molecule has 0 radical (unpaired) electrons. The van der Waals surface area contributed by atoms with E-state index in [2.05, 4.69) is 6.08 Å². The monoisotopic (exact) mass is 298 g/mol. The van der Waals surface area contributed by atoms with Crippen LogP contribution in [0, 0.1) is 0 Å². The first-order valence-corrected chi connectivity index (χ1v) is 7.69. The lowest BCUT2D eigenvalue weighted by Crippen LogP contribution is -2.70. The minimum absolute atomic E-state index is 0.0681. The molecule has 0 bridgehead atoms. The van der Waals surface area contributed by atoms with E-state index in [1.807, 2.05) is 20.8 Å². The molecule has 1 aliphatic carbocycles. The molecule has 0 amide bonds. The zero-order valence-electron chi connectivity index (χ0n) is 13.3. The average molecular weight is 298 g/mol. The molecule has 3 fully saturated rings. The van der Waals surface area contributed by atoms with Gasteiger partial charge in [0.25, 0.3) is 0 Å². The molecule has 1 saturated carbocycles. The third-order valence-corrected chi connectivity index (χ3v) is 5.49.